The average molecular weight is 346 g/mol. The van der Waals surface area contributed by atoms with Crippen molar-refractivity contribution in [2.24, 2.45) is 0 Å². The highest BCUT2D eigenvalue weighted by Crippen LogP contribution is 2.29. The van der Waals surface area contributed by atoms with Crippen LogP contribution in [0.25, 0.3) is 0 Å². The standard InChI is InChI=1S/C18H22N2O3S/c1-2-13-23-16-7-9-17(10-8-16)24(21,22)20-12-11-19-14-15-5-3-4-6-18(15)20/h3-10,19H,2,11-14H2,1H3. The zero-order valence-corrected chi connectivity index (χ0v) is 14.6. The first-order valence-electron chi connectivity index (χ1n) is 8.17. The zero-order chi connectivity index (χ0) is 17.0. The van der Waals surface area contributed by atoms with Crippen molar-refractivity contribution in [2.75, 3.05) is 24.0 Å². The molecule has 1 aliphatic rings. The molecule has 0 radical (unpaired) electrons. The molecule has 0 aliphatic carbocycles. The number of hydrogen-bond donors (Lipinski definition) is 1. The first-order chi connectivity index (χ1) is 11.6. The highest BCUT2D eigenvalue weighted by molar-refractivity contribution is 7.92. The quantitative estimate of drug-likeness (QED) is 0.904. The second-order valence-corrected chi connectivity index (χ2v) is 7.56. The summed E-state index contributed by atoms with van der Waals surface area (Å²) in [6.45, 7) is 4.35. The Morgan fingerprint density at radius 2 is 1.88 bits per heavy atom. The van der Waals surface area contributed by atoms with Crippen LogP contribution in [0.15, 0.2) is 53.4 Å². The SMILES string of the molecule is CCCOc1ccc(S(=O)(=O)N2CCNCc3ccccc32)cc1. The van der Waals surface area contributed by atoms with Crippen LogP contribution in [0.1, 0.15) is 18.9 Å². The van der Waals surface area contributed by atoms with Crippen LogP contribution in [-0.2, 0) is 16.6 Å². The summed E-state index contributed by atoms with van der Waals surface area (Å²) in [4.78, 5) is 0.281. The number of fused-ring (bicyclic) bond motifs is 1. The van der Waals surface area contributed by atoms with E-state index in [0.29, 0.717) is 32.0 Å². The van der Waals surface area contributed by atoms with E-state index >= 15 is 0 Å². The van der Waals surface area contributed by atoms with E-state index in [1.807, 2.05) is 31.2 Å². The van der Waals surface area contributed by atoms with Gasteiger partial charge in [0.1, 0.15) is 5.75 Å². The van der Waals surface area contributed by atoms with Crippen molar-refractivity contribution < 1.29 is 13.2 Å². The van der Waals surface area contributed by atoms with Gasteiger partial charge < -0.3 is 10.1 Å². The van der Waals surface area contributed by atoms with Gasteiger partial charge >= 0.3 is 0 Å². The number of sulfonamides is 1. The Labute approximate surface area is 143 Å². The fourth-order valence-corrected chi connectivity index (χ4v) is 4.24. The van der Waals surface area contributed by atoms with E-state index in [4.69, 9.17) is 4.74 Å². The van der Waals surface area contributed by atoms with Crippen molar-refractivity contribution >= 4 is 15.7 Å². The Balaban J connectivity index is 1.92. The van der Waals surface area contributed by atoms with Gasteiger partial charge in [0.05, 0.1) is 17.2 Å². The minimum absolute atomic E-state index is 0.281. The van der Waals surface area contributed by atoms with Gasteiger partial charge in [-0.3, -0.25) is 4.31 Å². The number of rotatable bonds is 5. The third kappa shape index (κ3) is 3.39. The van der Waals surface area contributed by atoms with Crippen molar-refractivity contribution in [2.45, 2.75) is 24.8 Å². The van der Waals surface area contributed by atoms with E-state index in [0.717, 1.165) is 17.7 Å². The summed E-state index contributed by atoms with van der Waals surface area (Å²) in [5, 5.41) is 3.26. The van der Waals surface area contributed by atoms with Gasteiger partial charge in [-0.25, -0.2) is 8.42 Å². The molecule has 0 fully saturated rings. The monoisotopic (exact) mass is 346 g/mol. The van der Waals surface area contributed by atoms with Crippen LogP contribution >= 0.6 is 0 Å². The first kappa shape index (κ1) is 16.8. The smallest absolute Gasteiger partial charge is 0.264 e. The van der Waals surface area contributed by atoms with Gasteiger partial charge in [-0.15, -0.1) is 0 Å². The minimum Gasteiger partial charge on any atom is -0.494 e. The van der Waals surface area contributed by atoms with Gasteiger partial charge in [0.15, 0.2) is 0 Å². The summed E-state index contributed by atoms with van der Waals surface area (Å²) in [5.41, 5.74) is 1.73. The molecule has 3 rings (SSSR count). The predicted octanol–water partition coefficient (Wildman–Crippen LogP) is 2.77. The first-order valence-corrected chi connectivity index (χ1v) is 9.61. The van der Waals surface area contributed by atoms with Gasteiger partial charge in [0.25, 0.3) is 10.0 Å². The molecule has 2 aromatic carbocycles. The largest absolute Gasteiger partial charge is 0.494 e. The number of nitrogens with one attached hydrogen (secondary N) is 1. The average Bonchev–Trinajstić information content (AvgIpc) is 2.83. The topological polar surface area (TPSA) is 58.6 Å². The van der Waals surface area contributed by atoms with E-state index in [1.54, 1.807) is 24.3 Å². The van der Waals surface area contributed by atoms with Gasteiger partial charge in [0.2, 0.25) is 0 Å². The molecular formula is C18H22N2O3S. The summed E-state index contributed by atoms with van der Waals surface area (Å²) in [6, 6.07) is 14.3. The Hall–Kier alpha value is -2.05. The number of ether oxygens (including phenoxy) is 1. The number of benzene rings is 2. The highest BCUT2D eigenvalue weighted by atomic mass is 32.2. The maximum absolute atomic E-state index is 13.1. The normalized spacial score (nSPS) is 14.8. The lowest BCUT2D eigenvalue weighted by Crippen LogP contribution is -2.34. The zero-order valence-electron chi connectivity index (χ0n) is 13.7. The molecule has 0 aromatic heterocycles. The van der Waals surface area contributed by atoms with Gasteiger partial charge in [0, 0.05) is 19.6 Å². The van der Waals surface area contributed by atoms with Crippen LogP contribution < -0.4 is 14.4 Å². The molecular weight excluding hydrogens is 324 g/mol. The Bertz CT molecular complexity index is 788. The van der Waals surface area contributed by atoms with Crippen molar-refractivity contribution in [3.8, 4) is 5.75 Å². The molecule has 1 aliphatic heterocycles. The molecule has 0 spiro atoms. The summed E-state index contributed by atoms with van der Waals surface area (Å²) in [6.07, 6.45) is 0.914. The number of anilines is 1. The molecule has 24 heavy (non-hydrogen) atoms. The van der Waals surface area contributed by atoms with Crippen LogP contribution in [0, 0.1) is 0 Å². The molecule has 0 unspecified atom stereocenters. The molecule has 6 heteroatoms. The Kier molecular flexibility index (Phi) is 5.06. The van der Waals surface area contributed by atoms with E-state index in [1.165, 1.54) is 4.31 Å². The van der Waals surface area contributed by atoms with Crippen LogP contribution in [0.4, 0.5) is 5.69 Å². The Morgan fingerprint density at radius 1 is 1.12 bits per heavy atom. The van der Waals surface area contributed by atoms with Crippen LogP contribution in [0.3, 0.4) is 0 Å². The number of hydrogen-bond acceptors (Lipinski definition) is 4. The summed E-state index contributed by atoms with van der Waals surface area (Å²) < 4.78 is 33.2. The molecule has 0 amide bonds. The third-order valence-corrected chi connectivity index (χ3v) is 5.78. The molecule has 0 saturated heterocycles. The fraction of sp³-hybridized carbons (Fsp3) is 0.333. The molecule has 5 nitrogen and oxygen atoms in total. The van der Waals surface area contributed by atoms with E-state index in [2.05, 4.69) is 5.32 Å². The van der Waals surface area contributed by atoms with Crippen molar-refractivity contribution in [1.82, 2.24) is 5.32 Å². The highest BCUT2D eigenvalue weighted by Gasteiger charge is 2.27. The number of nitrogens with zero attached hydrogens (tertiary/aromatic N) is 1. The van der Waals surface area contributed by atoms with Gasteiger partial charge in [-0.1, -0.05) is 25.1 Å². The maximum atomic E-state index is 13.1. The Morgan fingerprint density at radius 3 is 2.62 bits per heavy atom. The van der Waals surface area contributed by atoms with Crippen LogP contribution in [0.2, 0.25) is 0 Å². The van der Waals surface area contributed by atoms with Crippen LogP contribution in [0.5, 0.6) is 5.75 Å². The fourth-order valence-electron chi connectivity index (χ4n) is 2.73. The second kappa shape index (κ2) is 7.23. The summed E-state index contributed by atoms with van der Waals surface area (Å²) in [5.74, 6) is 0.689. The van der Waals surface area contributed by atoms with Crippen molar-refractivity contribution in [1.29, 1.82) is 0 Å². The lowest BCUT2D eigenvalue weighted by Gasteiger charge is -2.24. The summed E-state index contributed by atoms with van der Waals surface area (Å²) >= 11 is 0. The van der Waals surface area contributed by atoms with Crippen molar-refractivity contribution in [3.05, 3.63) is 54.1 Å². The minimum atomic E-state index is -3.60. The van der Waals surface area contributed by atoms with E-state index in [9.17, 15) is 8.42 Å². The van der Waals surface area contributed by atoms with Crippen molar-refractivity contribution in [3.63, 3.8) is 0 Å². The number of para-hydroxylation sites is 1. The van der Waals surface area contributed by atoms with E-state index in [-0.39, 0.29) is 4.90 Å². The molecule has 0 atom stereocenters. The van der Waals surface area contributed by atoms with E-state index < -0.39 is 10.0 Å². The molecule has 2 aromatic rings. The second-order valence-electron chi connectivity index (χ2n) is 5.70. The maximum Gasteiger partial charge on any atom is 0.264 e. The molecule has 1 N–H and O–H groups in total. The molecule has 1 heterocycles. The molecule has 0 saturated carbocycles. The predicted molar refractivity (Wildman–Crippen MR) is 94.9 cm³/mol. The molecule has 0 bridgehead atoms. The lowest BCUT2D eigenvalue weighted by molar-refractivity contribution is 0.317. The third-order valence-electron chi connectivity index (χ3n) is 3.95. The summed E-state index contributed by atoms with van der Waals surface area (Å²) in [7, 11) is -3.60. The van der Waals surface area contributed by atoms with Gasteiger partial charge in [-0.05, 0) is 42.3 Å². The van der Waals surface area contributed by atoms with Crippen LogP contribution in [-0.4, -0.2) is 28.1 Å². The molecule has 128 valence electrons. The lowest BCUT2D eigenvalue weighted by atomic mass is 10.2. The van der Waals surface area contributed by atoms with Gasteiger partial charge in [-0.2, -0.15) is 0 Å².